The predicted molar refractivity (Wildman–Crippen MR) is 87.2 cm³/mol. The van der Waals surface area contributed by atoms with Crippen molar-refractivity contribution >= 4 is 15.7 Å². The summed E-state index contributed by atoms with van der Waals surface area (Å²) in [7, 11) is -3.23. The molecule has 0 bridgehead atoms. The van der Waals surface area contributed by atoms with E-state index in [9.17, 15) is 13.2 Å². The Morgan fingerprint density at radius 3 is 2.61 bits per heavy atom. The van der Waals surface area contributed by atoms with Gasteiger partial charge in [0.2, 0.25) is 0 Å². The molecule has 2 fully saturated rings. The summed E-state index contributed by atoms with van der Waals surface area (Å²) in [5.41, 5.74) is 0.676. The predicted octanol–water partition coefficient (Wildman–Crippen LogP) is 2.12. The van der Waals surface area contributed by atoms with Gasteiger partial charge in [-0.05, 0) is 43.5 Å². The lowest BCUT2D eigenvalue weighted by Crippen LogP contribution is -2.46. The maximum absolute atomic E-state index is 12.7. The third-order valence-electron chi connectivity index (χ3n) is 4.97. The monoisotopic (exact) mass is 337 g/mol. The van der Waals surface area contributed by atoms with E-state index in [1.807, 2.05) is 4.90 Å². The van der Waals surface area contributed by atoms with Crippen molar-refractivity contribution in [2.75, 3.05) is 32.1 Å². The molecule has 0 aromatic heterocycles. The van der Waals surface area contributed by atoms with Gasteiger partial charge in [0, 0.05) is 30.7 Å². The molecule has 5 nitrogen and oxygen atoms in total. The highest BCUT2D eigenvalue weighted by molar-refractivity contribution is 7.91. The largest absolute Gasteiger partial charge is 0.381 e. The van der Waals surface area contributed by atoms with Gasteiger partial charge < -0.3 is 9.64 Å². The lowest BCUT2D eigenvalue weighted by atomic mass is 9.79. The van der Waals surface area contributed by atoms with Gasteiger partial charge in [-0.1, -0.05) is 6.92 Å². The molecule has 1 aromatic rings. The van der Waals surface area contributed by atoms with E-state index in [4.69, 9.17) is 4.74 Å². The summed E-state index contributed by atoms with van der Waals surface area (Å²) in [6.45, 7) is 4.64. The molecule has 2 heterocycles. The standard InChI is InChI=1S/C17H23NO4S/c1-2-23(20,21)15-6-4-14(5-7-15)16(19)18-10-3-8-17(12-18)9-11-22-13-17/h4-7H,2-3,8-13H2,1H3. The minimum Gasteiger partial charge on any atom is -0.381 e. The number of rotatable bonds is 3. The number of benzene rings is 1. The quantitative estimate of drug-likeness (QED) is 0.847. The number of hydrogen-bond acceptors (Lipinski definition) is 4. The number of sulfone groups is 1. The first kappa shape index (κ1) is 16.5. The minimum atomic E-state index is -3.23. The van der Waals surface area contributed by atoms with Gasteiger partial charge in [-0.2, -0.15) is 0 Å². The van der Waals surface area contributed by atoms with Gasteiger partial charge in [0.25, 0.3) is 5.91 Å². The Morgan fingerprint density at radius 1 is 1.26 bits per heavy atom. The number of ether oxygens (including phenoxy) is 1. The van der Waals surface area contributed by atoms with Gasteiger partial charge in [-0.3, -0.25) is 4.79 Å². The molecular weight excluding hydrogens is 314 g/mol. The second kappa shape index (κ2) is 6.24. The summed E-state index contributed by atoms with van der Waals surface area (Å²) in [6, 6.07) is 6.31. The van der Waals surface area contributed by atoms with Gasteiger partial charge in [-0.25, -0.2) is 8.42 Å². The molecule has 1 unspecified atom stereocenters. The topological polar surface area (TPSA) is 63.7 Å². The summed E-state index contributed by atoms with van der Waals surface area (Å²) in [4.78, 5) is 14.9. The van der Waals surface area contributed by atoms with E-state index in [0.29, 0.717) is 5.56 Å². The molecule has 6 heteroatoms. The molecular formula is C17H23NO4S. The molecule has 2 aliphatic rings. The van der Waals surface area contributed by atoms with Crippen LogP contribution in [0.5, 0.6) is 0 Å². The lowest BCUT2D eigenvalue weighted by molar-refractivity contribution is 0.0462. The third-order valence-corrected chi connectivity index (χ3v) is 6.72. The Hall–Kier alpha value is -1.40. The van der Waals surface area contributed by atoms with Gasteiger partial charge in [0.1, 0.15) is 0 Å². The fourth-order valence-corrected chi connectivity index (χ4v) is 4.39. The molecule has 2 saturated heterocycles. The average Bonchev–Trinajstić information content (AvgIpc) is 3.02. The van der Waals surface area contributed by atoms with Crippen LogP contribution in [0.1, 0.15) is 36.5 Å². The van der Waals surface area contributed by atoms with Crippen molar-refractivity contribution in [1.82, 2.24) is 4.90 Å². The van der Waals surface area contributed by atoms with Crippen molar-refractivity contribution in [2.24, 2.45) is 5.41 Å². The van der Waals surface area contributed by atoms with E-state index in [1.54, 1.807) is 19.1 Å². The Bertz CT molecular complexity index is 675. The summed E-state index contributed by atoms with van der Waals surface area (Å²) >= 11 is 0. The highest BCUT2D eigenvalue weighted by Crippen LogP contribution is 2.38. The maximum atomic E-state index is 12.7. The van der Waals surface area contributed by atoms with Gasteiger partial charge in [0.15, 0.2) is 9.84 Å². The first-order valence-corrected chi connectivity index (χ1v) is 9.81. The van der Waals surface area contributed by atoms with Gasteiger partial charge in [0.05, 0.1) is 17.3 Å². The summed E-state index contributed by atoms with van der Waals surface area (Å²) in [6.07, 6.45) is 3.13. The molecule has 2 aliphatic heterocycles. The van der Waals surface area contributed by atoms with Crippen LogP contribution in [0, 0.1) is 5.41 Å². The van der Waals surface area contributed by atoms with Crippen LogP contribution in [-0.4, -0.2) is 51.3 Å². The average molecular weight is 337 g/mol. The highest BCUT2D eigenvalue weighted by atomic mass is 32.2. The molecule has 0 aliphatic carbocycles. The number of carbonyl (C=O) groups excluding carboxylic acids is 1. The molecule has 1 amide bonds. The van der Waals surface area contributed by atoms with E-state index >= 15 is 0 Å². The van der Waals surface area contributed by atoms with Crippen LogP contribution in [0.25, 0.3) is 0 Å². The van der Waals surface area contributed by atoms with Gasteiger partial charge >= 0.3 is 0 Å². The van der Waals surface area contributed by atoms with Crippen LogP contribution < -0.4 is 0 Å². The minimum absolute atomic E-state index is 0.0172. The molecule has 0 N–H and O–H groups in total. The summed E-state index contributed by atoms with van der Waals surface area (Å²) < 4.78 is 29.2. The highest BCUT2D eigenvalue weighted by Gasteiger charge is 2.40. The maximum Gasteiger partial charge on any atom is 0.253 e. The molecule has 126 valence electrons. The van der Waals surface area contributed by atoms with E-state index < -0.39 is 9.84 Å². The van der Waals surface area contributed by atoms with Crippen LogP contribution in [-0.2, 0) is 14.6 Å². The van der Waals surface area contributed by atoms with Crippen molar-refractivity contribution < 1.29 is 17.9 Å². The van der Waals surface area contributed by atoms with E-state index in [-0.39, 0.29) is 22.0 Å². The smallest absolute Gasteiger partial charge is 0.253 e. The van der Waals surface area contributed by atoms with Crippen molar-refractivity contribution in [3.63, 3.8) is 0 Å². The molecule has 0 radical (unpaired) electrons. The second-order valence-corrected chi connectivity index (χ2v) is 8.84. The zero-order valence-corrected chi connectivity index (χ0v) is 14.3. The Balaban J connectivity index is 1.75. The van der Waals surface area contributed by atoms with Crippen molar-refractivity contribution in [2.45, 2.75) is 31.1 Å². The molecule has 0 saturated carbocycles. The van der Waals surface area contributed by atoms with Crippen LogP contribution >= 0.6 is 0 Å². The Kier molecular flexibility index (Phi) is 4.47. The zero-order chi connectivity index (χ0) is 16.5. The lowest BCUT2D eigenvalue weighted by Gasteiger charge is -2.39. The Morgan fingerprint density at radius 2 is 2.00 bits per heavy atom. The number of likely N-dealkylation sites (tertiary alicyclic amines) is 1. The number of hydrogen-bond donors (Lipinski definition) is 0. The fourth-order valence-electron chi connectivity index (χ4n) is 3.51. The molecule has 23 heavy (non-hydrogen) atoms. The molecule has 1 spiro atoms. The number of nitrogens with zero attached hydrogens (tertiary/aromatic N) is 1. The van der Waals surface area contributed by atoms with Crippen molar-refractivity contribution in [3.05, 3.63) is 29.8 Å². The second-order valence-electron chi connectivity index (χ2n) is 6.56. The number of piperidine rings is 1. The summed E-state index contributed by atoms with van der Waals surface area (Å²) in [5, 5.41) is 0. The van der Waals surface area contributed by atoms with E-state index in [1.165, 1.54) is 12.1 Å². The normalized spacial score (nSPS) is 25.0. The molecule has 3 rings (SSSR count). The van der Waals surface area contributed by atoms with Gasteiger partial charge in [-0.15, -0.1) is 0 Å². The number of amides is 1. The molecule has 1 atom stereocenters. The van der Waals surface area contributed by atoms with Crippen molar-refractivity contribution in [3.8, 4) is 0 Å². The van der Waals surface area contributed by atoms with E-state index in [0.717, 1.165) is 45.6 Å². The first-order chi connectivity index (χ1) is 11.0. The van der Waals surface area contributed by atoms with Crippen LogP contribution in [0.2, 0.25) is 0 Å². The first-order valence-electron chi connectivity index (χ1n) is 8.16. The SMILES string of the molecule is CCS(=O)(=O)c1ccc(C(=O)N2CCCC3(CCOC3)C2)cc1. The number of carbonyl (C=O) groups is 1. The van der Waals surface area contributed by atoms with E-state index in [2.05, 4.69) is 0 Å². The third kappa shape index (κ3) is 3.28. The van der Waals surface area contributed by atoms with Crippen LogP contribution in [0.15, 0.2) is 29.2 Å². The van der Waals surface area contributed by atoms with Crippen LogP contribution in [0.4, 0.5) is 0 Å². The van der Waals surface area contributed by atoms with Crippen LogP contribution in [0.3, 0.4) is 0 Å². The Labute approximate surface area is 137 Å². The zero-order valence-electron chi connectivity index (χ0n) is 13.5. The summed E-state index contributed by atoms with van der Waals surface area (Å²) in [5.74, 6) is 0.0472. The molecule has 1 aromatic carbocycles. The fraction of sp³-hybridized carbons (Fsp3) is 0.588. The van der Waals surface area contributed by atoms with Crippen molar-refractivity contribution in [1.29, 1.82) is 0 Å².